The number of nitrogens with zero attached hydrogens (tertiary/aromatic N) is 1. The van der Waals surface area contributed by atoms with Crippen molar-refractivity contribution in [2.75, 3.05) is 5.75 Å². The van der Waals surface area contributed by atoms with E-state index in [1.54, 1.807) is 0 Å². The van der Waals surface area contributed by atoms with Crippen LogP contribution in [0.3, 0.4) is 0 Å². The van der Waals surface area contributed by atoms with Crippen LogP contribution in [0.5, 0.6) is 0 Å². The first kappa shape index (κ1) is 11.4. The van der Waals surface area contributed by atoms with E-state index in [1.165, 1.54) is 24.4 Å². The van der Waals surface area contributed by atoms with Crippen LogP contribution in [0, 0.1) is 0 Å². The van der Waals surface area contributed by atoms with Crippen LogP contribution in [0.4, 0.5) is 0 Å². The van der Waals surface area contributed by atoms with Crippen LogP contribution in [0.15, 0.2) is 36.0 Å². The summed E-state index contributed by atoms with van der Waals surface area (Å²) < 4.78 is 23.2. The molecule has 0 saturated heterocycles. The maximum atomic E-state index is 11.6. The molecule has 1 heterocycles. The number of sulfone groups is 1. The molecule has 0 saturated carbocycles. The highest BCUT2D eigenvalue weighted by Crippen LogP contribution is 2.13. The molecule has 15 heavy (non-hydrogen) atoms. The maximum Gasteiger partial charge on any atom is 0.251 e. The van der Waals surface area contributed by atoms with Crippen molar-refractivity contribution in [3.05, 3.63) is 36.5 Å². The summed E-state index contributed by atoms with van der Waals surface area (Å²) in [6.07, 6.45) is 2.52. The van der Waals surface area contributed by atoms with Gasteiger partial charge < -0.3 is 5.73 Å². The van der Waals surface area contributed by atoms with Gasteiger partial charge in [0.1, 0.15) is 0 Å². The summed E-state index contributed by atoms with van der Waals surface area (Å²) in [5.41, 5.74) is 4.94. The van der Waals surface area contributed by atoms with Crippen LogP contribution in [0.2, 0.25) is 0 Å². The lowest BCUT2D eigenvalue weighted by molar-refractivity contribution is 0.0996. The first-order chi connectivity index (χ1) is 6.99. The van der Waals surface area contributed by atoms with E-state index in [1.807, 2.05) is 0 Å². The number of nitrogens with two attached hydrogens (primary N) is 1. The Morgan fingerprint density at radius 1 is 1.60 bits per heavy atom. The second-order valence-corrected chi connectivity index (χ2v) is 4.74. The van der Waals surface area contributed by atoms with Gasteiger partial charge in [0.25, 0.3) is 5.91 Å². The quantitative estimate of drug-likeness (QED) is 0.739. The number of rotatable bonds is 4. The van der Waals surface area contributed by atoms with E-state index in [2.05, 4.69) is 11.6 Å². The van der Waals surface area contributed by atoms with Crippen LogP contribution in [0.25, 0.3) is 0 Å². The highest BCUT2D eigenvalue weighted by molar-refractivity contribution is 7.91. The summed E-state index contributed by atoms with van der Waals surface area (Å²) in [7, 11) is -3.62. The number of amides is 1. The topological polar surface area (TPSA) is 90.1 Å². The van der Waals surface area contributed by atoms with Crippen molar-refractivity contribution in [3.63, 3.8) is 0 Å². The number of pyridine rings is 1. The number of carbonyl (C=O) groups is 1. The largest absolute Gasteiger partial charge is 0.366 e. The molecule has 6 heteroatoms. The molecular formula is C9H10N2O3S. The molecule has 0 fully saturated rings. The number of hydrogen-bond donors (Lipinski definition) is 1. The van der Waals surface area contributed by atoms with Crippen LogP contribution >= 0.6 is 0 Å². The van der Waals surface area contributed by atoms with E-state index < -0.39 is 15.7 Å². The molecule has 1 aromatic heterocycles. The molecular weight excluding hydrogens is 216 g/mol. The minimum Gasteiger partial charge on any atom is -0.366 e. The minimum atomic E-state index is -3.62. The second kappa shape index (κ2) is 4.22. The fourth-order valence-electron chi connectivity index (χ4n) is 1.06. The molecule has 1 aromatic rings. The van der Waals surface area contributed by atoms with Gasteiger partial charge in [0.2, 0.25) is 0 Å². The summed E-state index contributed by atoms with van der Waals surface area (Å²) in [6.45, 7) is 3.32. The SMILES string of the molecule is C=CCS(=O)(=O)c1ncccc1C(N)=O. The van der Waals surface area contributed by atoms with Crippen molar-refractivity contribution < 1.29 is 13.2 Å². The summed E-state index contributed by atoms with van der Waals surface area (Å²) in [4.78, 5) is 14.6. The van der Waals surface area contributed by atoms with Crippen molar-refractivity contribution in [1.82, 2.24) is 4.98 Å². The van der Waals surface area contributed by atoms with E-state index in [9.17, 15) is 13.2 Å². The zero-order chi connectivity index (χ0) is 11.5. The molecule has 0 bridgehead atoms. The van der Waals surface area contributed by atoms with Gasteiger partial charge in [-0.2, -0.15) is 0 Å². The van der Waals surface area contributed by atoms with Crippen LogP contribution in [-0.2, 0) is 9.84 Å². The Kier molecular flexibility index (Phi) is 3.21. The van der Waals surface area contributed by atoms with Gasteiger partial charge in [-0.15, -0.1) is 6.58 Å². The zero-order valence-corrected chi connectivity index (χ0v) is 8.70. The summed E-state index contributed by atoms with van der Waals surface area (Å²) in [5, 5.41) is -0.294. The molecule has 0 radical (unpaired) electrons. The predicted molar refractivity (Wildman–Crippen MR) is 55.0 cm³/mol. The maximum absolute atomic E-state index is 11.6. The van der Waals surface area contributed by atoms with E-state index >= 15 is 0 Å². The van der Waals surface area contributed by atoms with Gasteiger partial charge >= 0.3 is 0 Å². The standard InChI is InChI=1S/C9H10N2O3S/c1-2-6-15(13,14)9-7(8(10)12)4-3-5-11-9/h2-5H,1,6H2,(H2,10,12). The van der Waals surface area contributed by atoms with Crippen LogP contribution in [-0.4, -0.2) is 25.1 Å². The second-order valence-electron chi connectivity index (χ2n) is 2.79. The summed E-state index contributed by atoms with van der Waals surface area (Å²) in [5.74, 6) is -1.09. The van der Waals surface area contributed by atoms with E-state index in [4.69, 9.17) is 5.73 Å². The molecule has 1 rings (SSSR count). The number of hydrogen-bond acceptors (Lipinski definition) is 4. The average molecular weight is 226 g/mol. The lowest BCUT2D eigenvalue weighted by Crippen LogP contribution is -2.18. The van der Waals surface area contributed by atoms with Gasteiger partial charge in [0.05, 0.1) is 11.3 Å². The van der Waals surface area contributed by atoms with Crippen molar-refractivity contribution in [3.8, 4) is 0 Å². The lowest BCUT2D eigenvalue weighted by Gasteiger charge is -2.04. The van der Waals surface area contributed by atoms with Gasteiger partial charge in [-0.3, -0.25) is 4.79 Å². The summed E-state index contributed by atoms with van der Waals surface area (Å²) >= 11 is 0. The molecule has 0 atom stereocenters. The first-order valence-electron chi connectivity index (χ1n) is 4.07. The minimum absolute atomic E-state index is 0.0978. The third kappa shape index (κ3) is 2.41. The van der Waals surface area contributed by atoms with E-state index in [0.29, 0.717) is 0 Å². The predicted octanol–water partition coefficient (Wildman–Crippen LogP) is 0.140. The fraction of sp³-hybridized carbons (Fsp3) is 0.111. The molecule has 0 aliphatic rings. The Morgan fingerprint density at radius 2 is 2.27 bits per heavy atom. The number of primary amides is 1. The smallest absolute Gasteiger partial charge is 0.251 e. The van der Waals surface area contributed by atoms with Gasteiger partial charge in [-0.25, -0.2) is 13.4 Å². The monoisotopic (exact) mass is 226 g/mol. The highest BCUT2D eigenvalue weighted by atomic mass is 32.2. The number of aromatic nitrogens is 1. The highest BCUT2D eigenvalue weighted by Gasteiger charge is 2.21. The van der Waals surface area contributed by atoms with Gasteiger partial charge in [0.15, 0.2) is 14.9 Å². The molecule has 80 valence electrons. The summed E-state index contributed by atoms with van der Waals surface area (Å²) in [6, 6.07) is 2.78. The molecule has 1 amide bonds. The Bertz CT molecular complexity index is 494. The molecule has 0 unspecified atom stereocenters. The Hall–Kier alpha value is -1.69. The first-order valence-corrected chi connectivity index (χ1v) is 5.72. The van der Waals surface area contributed by atoms with Crippen molar-refractivity contribution in [2.24, 2.45) is 5.73 Å². The van der Waals surface area contributed by atoms with E-state index in [-0.39, 0.29) is 16.3 Å². The van der Waals surface area contributed by atoms with Crippen molar-refractivity contribution >= 4 is 15.7 Å². The van der Waals surface area contributed by atoms with Crippen LogP contribution < -0.4 is 5.73 Å². The van der Waals surface area contributed by atoms with Crippen molar-refractivity contribution in [2.45, 2.75) is 5.03 Å². The average Bonchev–Trinajstić information content (AvgIpc) is 2.17. The van der Waals surface area contributed by atoms with Gasteiger partial charge in [0, 0.05) is 6.20 Å². The van der Waals surface area contributed by atoms with Gasteiger partial charge in [-0.1, -0.05) is 6.08 Å². The van der Waals surface area contributed by atoms with Gasteiger partial charge in [-0.05, 0) is 12.1 Å². The molecule has 0 aliphatic heterocycles. The number of carbonyl (C=O) groups excluding carboxylic acids is 1. The lowest BCUT2D eigenvalue weighted by atomic mass is 10.3. The van der Waals surface area contributed by atoms with Crippen molar-refractivity contribution in [1.29, 1.82) is 0 Å². The normalized spacial score (nSPS) is 10.9. The molecule has 0 aliphatic carbocycles. The third-order valence-electron chi connectivity index (χ3n) is 1.67. The Balaban J connectivity index is 3.37. The Morgan fingerprint density at radius 3 is 2.80 bits per heavy atom. The molecule has 0 spiro atoms. The zero-order valence-electron chi connectivity index (χ0n) is 7.88. The van der Waals surface area contributed by atoms with Crippen LogP contribution in [0.1, 0.15) is 10.4 Å². The molecule has 2 N–H and O–H groups in total. The molecule has 5 nitrogen and oxygen atoms in total. The fourth-order valence-corrected chi connectivity index (χ4v) is 2.25. The van der Waals surface area contributed by atoms with E-state index in [0.717, 1.165) is 0 Å². The Labute approximate surface area is 87.5 Å². The third-order valence-corrected chi connectivity index (χ3v) is 3.26. The molecule has 0 aromatic carbocycles.